The number of likely N-dealkylation sites (N-methyl/N-ethyl adjacent to an activating group) is 1. The summed E-state index contributed by atoms with van der Waals surface area (Å²) in [5.74, 6) is 0.218. The third kappa shape index (κ3) is 4.10. The minimum Gasteiger partial charge on any atom is -0.308 e. The fourth-order valence-corrected chi connectivity index (χ4v) is 2.72. The summed E-state index contributed by atoms with van der Waals surface area (Å²) in [6.07, 6.45) is 1.42. The highest BCUT2D eigenvalue weighted by molar-refractivity contribution is 7.89. The third-order valence-corrected chi connectivity index (χ3v) is 3.86. The summed E-state index contributed by atoms with van der Waals surface area (Å²) in [4.78, 5) is 1.96. The van der Waals surface area contributed by atoms with Crippen molar-refractivity contribution in [3.63, 3.8) is 0 Å². The molecule has 17 heavy (non-hydrogen) atoms. The summed E-state index contributed by atoms with van der Waals surface area (Å²) in [5, 5.41) is 6.21. The van der Waals surface area contributed by atoms with Crippen molar-refractivity contribution in [2.24, 2.45) is 5.92 Å². The molecule has 0 aliphatic heterocycles. The van der Waals surface area contributed by atoms with Crippen molar-refractivity contribution in [3.05, 3.63) is 12.3 Å². The van der Waals surface area contributed by atoms with Crippen molar-refractivity contribution in [1.29, 1.82) is 0 Å². The Kier molecular flexibility index (Phi) is 4.67. The van der Waals surface area contributed by atoms with E-state index in [-0.39, 0.29) is 17.0 Å². The first-order valence-electron chi connectivity index (χ1n) is 5.49. The van der Waals surface area contributed by atoms with E-state index in [0.717, 1.165) is 0 Å². The molecule has 1 unspecified atom stereocenters. The zero-order chi connectivity index (χ0) is 13.1. The van der Waals surface area contributed by atoms with Crippen LogP contribution in [0.4, 0.5) is 0 Å². The zero-order valence-corrected chi connectivity index (χ0v) is 11.5. The van der Waals surface area contributed by atoms with Gasteiger partial charge in [0.2, 0.25) is 0 Å². The summed E-state index contributed by atoms with van der Waals surface area (Å²) in [6.45, 7) is 4.64. The maximum atomic E-state index is 12.0. The maximum Gasteiger partial charge on any atom is 0.257 e. The van der Waals surface area contributed by atoms with Crippen LogP contribution in [0.1, 0.15) is 13.8 Å². The number of aromatic amines is 1. The van der Waals surface area contributed by atoms with Crippen molar-refractivity contribution in [1.82, 2.24) is 19.8 Å². The van der Waals surface area contributed by atoms with Gasteiger partial charge in [-0.25, -0.2) is 13.1 Å². The monoisotopic (exact) mass is 260 g/mol. The first kappa shape index (κ1) is 14.1. The molecule has 1 heterocycles. The van der Waals surface area contributed by atoms with Gasteiger partial charge in [-0.1, -0.05) is 13.8 Å². The fraction of sp³-hybridized carbons (Fsp3) is 0.700. The first-order chi connectivity index (χ1) is 7.83. The van der Waals surface area contributed by atoms with E-state index < -0.39 is 10.0 Å². The fourth-order valence-electron chi connectivity index (χ4n) is 1.43. The molecule has 0 radical (unpaired) electrons. The molecule has 0 aliphatic rings. The summed E-state index contributed by atoms with van der Waals surface area (Å²) >= 11 is 0. The number of H-pyrrole nitrogens is 1. The molecule has 0 saturated carbocycles. The SMILES string of the molecule is CC(C)C(CN(C)C)NS(=O)(=O)c1ccn[nH]1. The number of nitrogens with zero attached hydrogens (tertiary/aromatic N) is 2. The Morgan fingerprint density at radius 1 is 1.47 bits per heavy atom. The van der Waals surface area contributed by atoms with Crippen molar-refractivity contribution >= 4 is 10.0 Å². The van der Waals surface area contributed by atoms with Gasteiger partial charge in [0.15, 0.2) is 5.03 Å². The maximum absolute atomic E-state index is 12.0. The van der Waals surface area contributed by atoms with Crippen LogP contribution >= 0.6 is 0 Å². The Balaban J connectivity index is 2.80. The van der Waals surface area contributed by atoms with E-state index in [4.69, 9.17) is 0 Å². The zero-order valence-electron chi connectivity index (χ0n) is 10.6. The molecule has 6 nitrogen and oxygen atoms in total. The second-order valence-electron chi connectivity index (χ2n) is 4.65. The average Bonchev–Trinajstić information content (AvgIpc) is 2.68. The predicted molar refractivity (Wildman–Crippen MR) is 66.1 cm³/mol. The van der Waals surface area contributed by atoms with Gasteiger partial charge >= 0.3 is 0 Å². The molecule has 1 atom stereocenters. The summed E-state index contributed by atoms with van der Waals surface area (Å²) in [6, 6.07) is 1.31. The lowest BCUT2D eigenvalue weighted by Gasteiger charge is -2.24. The Labute approximate surface area is 102 Å². The highest BCUT2D eigenvalue weighted by Crippen LogP contribution is 2.09. The lowest BCUT2D eigenvalue weighted by Crippen LogP contribution is -2.44. The largest absolute Gasteiger partial charge is 0.308 e. The van der Waals surface area contributed by atoms with Gasteiger partial charge in [-0.3, -0.25) is 5.10 Å². The van der Waals surface area contributed by atoms with Gasteiger partial charge in [0.1, 0.15) is 0 Å². The van der Waals surface area contributed by atoms with E-state index in [2.05, 4.69) is 14.9 Å². The van der Waals surface area contributed by atoms with Crippen molar-refractivity contribution in [3.8, 4) is 0 Å². The van der Waals surface area contributed by atoms with Crippen LogP contribution in [0.5, 0.6) is 0 Å². The molecule has 1 aromatic rings. The minimum atomic E-state index is -3.50. The average molecular weight is 260 g/mol. The minimum absolute atomic E-state index is 0.0990. The smallest absolute Gasteiger partial charge is 0.257 e. The molecule has 0 amide bonds. The van der Waals surface area contributed by atoms with Crippen molar-refractivity contribution < 1.29 is 8.42 Å². The lowest BCUT2D eigenvalue weighted by molar-refractivity contribution is 0.314. The van der Waals surface area contributed by atoms with Gasteiger partial charge in [-0.2, -0.15) is 5.10 Å². The van der Waals surface area contributed by atoms with E-state index in [1.807, 2.05) is 32.8 Å². The van der Waals surface area contributed by atoms with Crippen LogP contribution in [-0.2, 0) is 10.0 Å². The lowest BCUT2D eigenvalue weighted by atomic mass is 10.1. The van der Waals surface area contributed by atoms with E-state index in [0.29, 0.717) is 6.54 Å². The first-order valence-corrected chi connectivity index (χ1v) is 6.97. The van der Waals surface area contributed by atoms with Gasteiger partial charge in [0, 0.05) is 12.6 Å². The summed E-state index contributed by atoms with van der Waals surface area (Å²) in [7, 11) is 0.332. The Morgan fingerprint density at radius 2 is 2.12 bits per heavy atom. The van der Waals surface area contributed by atoms with Crippen LogP contribution < -0.4 is 4.72 Å². The van der Waals surface area contributed by atoms with Crippen LogP contribution in [0.15, 0.2) is 17.3 Å². The van der Waals surface area contributed by atoms with Crippen molar-refractivity contribution in [2.45, 2.75) is 24.9 Å². The summed E-state index contributed by atoms with van der Waals surface area (Å²) in [5.41, 5.74) is 0. The predicted octanol–water partition coefficient (Wildman–Crippen LogP) is 0.274. The van der Waals surface area contributed by atoms with Gasteiger partial charge < -0.3 is 4.90 Å². The molecule has 0 fully saturated rings. The molecular weight excluding hydrogens is 240 g/mol. The number of hydrogen-bond acceptors (Lipinski definition) is 4. The second kappa shape index (κ2) is 5.61. The molecule has 1 rings (SSSR count). The Morgan fingerprint density at radius 3 is 2.53 bits per heavy atom. The molecular formula is C10H20N4O2S. The molecule has 98 valence electrons. The van der Waals surface area contributed by atoms with Crippen LogP contribution in [0.2, 0.25) is 0 Å². The van der Waals surface area contributed by atoms with Gasteiger partial charge in [0.05, 0.1) is 6.20 Å². The summed E-state index contributed by atoms with van der Waals surface area (Å²) < 4.78 is 26.7. The van der Waals surface area contributed by atoms with Gasteiger partial charge in [-0.15, -0.1) is 0 Å². The molecule has 1 aromatic heterocycles. The van der Waals surface area contributed by atoms with E-state index in [9.17, 15) is 8.42 Å². The van der Waals surface area contributed by atoms with Crippen LogP contribution in [0.3, 0.4) is 0 Å². The van der Waals surface area contributed by atoms with Gasteiger partial charge in [0.25, 0.3) is 10.0 Å². The number of aromatic nitrogens is 2. The van der Waals surface area contributed by atoms with Crippen LogP contribution in [0, 0.1) is 5.92 Å². The van der Waals surface area contributed by atoms with Crippen molar-refractivity contribution in [2.75, 3.05) is 20.6 Å². The Hall–Kier alpha value is -0.920. The van der Waals surface area contributed by atoms with E-state index >= 15 is 0 Å². The number of rotatable bonds is 6. The van der Waals surface area contributed by atoms with E-state index in [1.165, 1.54) is 12.3 Å². The third-order valence-electron chi connectivity index (χ3n) is 2.44. The number of nitrogens with one attached hydrogen (secondary N) is 2. The quantitative estimate of drug-likeness (QED) is 0.770. The Bertz CT molecular complexity index is 425. The van der Waals surface area contributed by atoms with Crippen LogP contribution in [-0.4, -0.2) is 50.2 Å². The highest BCUT2D eigenvalue weighted by Gasteiger charge is 2.23. The highest BCUT2D eigenvalue weighted by atomic mass is 32.2. The standard InChI is InChI=1S/C10H20N4O2S/c1-8(2)9(7-14(3)4)13-17(15,16)10-5-6-11-12-10/h5-6,8-9,13H,7H2,1-4H3,(H,11,12). The molecule has 0 saturated heterocycles. The number of hydrogen-bond donors (Lipinski definition) is 2. The van der Waals surface area contributed by atoms with E-state index in [1.54, 1.807) is 0 Å². The molecule has 0 spiro atoms. The normalized spacial score (nSPS) is 14.5. The molecule has 0 aliphatic carbocycles. The van der Waals surface area contributed by atoms with Gasteiger partial charge in [-0.05, 0) is 26.1 Å². The molecule has 0 bridgehead atoms. The molecule has 7 heteroatoms. The molecule has 0 aromatic carbocycles. The van der Waals surface area contributed by atoms with Crippen LogP contribution in [0.25, 0.3) is 0 Å². The second-order valence-corrected chi connectivity index (χ2v) is 6.34. The molecule has 2 N–H and O–H groups in total. The number of sulfonamides is 1. The topological polar surface area (TPSA) is 78.1 Å².